The molecule has 0 aliphatic rings. The van der Waals surface area contributed by atoms with Gasteiger partial charge in [-0.2, -0.15) is 0 Å². The molecular formula is C17H12F4N2O5S. The summed E-state index contributed by atoms with van der Waals surface area (Å²) in [7, 11) is -4.29. The molecule has 29 heavy (non-hydrogen) atoms. The minimum atomic E-state index is -4.85. The van der Waals surface area contributed by atoms with Crippen LogP contribution >= 0.6 is 0 Å². The fraction of sp³-hybridized carbons (Fsp3) is 0.118. The van der Waals surface area contributed by atoms with Crippen molar-refractivity contribution in [3.05, 3.63) is 54.0 Å². The Kier molecular flexibility index (Phi) is 5.34. The van der Waals surface area contributed by atoms with Gasteiger partial charge in [0.05, 0.1) is 5.56 Å². The second kappa shape index (κ2) is 7.46. The number of ether oxygens (including phenoxy) is 1. The van der Waals surface area contributed by atoms with Gasteiger partial charge in [0.1, 0.15) is 28.8 Å². The molecule has 0 saturated carbocycles. The van der Waals surface area contributed by atoms with E-state index in [0.29, 0.717) is 0 Å². The predicted octanol–water partition coefficient (Wildman–Crippen LogP) is 3.19. The van der Waals surface area contributed by atoms with Crippen LogP contribution in [0.1, 0.15) is 5.76 Å². The molecule has 0 spiro atoms. The number of rotatable bonds is 5. The number of halogens is 4. The Labute approximate surface area is 161 Å². The van der Waals surface area contributed by atoms with Crippen LogP contribution in [0, 0.1) is 5.82 Å². The molecule has 0 bridgehead atoms. The summed E-state index contributed by atoms with van der Waals surface area (Å²) < 4.78 is 82.6. The first-order chi connectivity index (χ1) is 13.5. The number of hydrogen-bond donors (Lipinski definition) is 2. The Morgan fingerprint density at radius 3 is 2.24 bits per heavy atom. The topological polar surface area (TPSA) is 116 Å². The minimum Gasteiger partial charge on any atom is -0.406 e. The highest BCUT2D eigenvalue weighted by Gasteiger charge is 2.31. The maximum Gasteiger partial charge on any atom is 0.573 e. The van der Waals surface area contributed by atoms with Crippen LogP contribution in [0.4, 0.5) is 17.6 Å². The van der Waals surface area contributed by atoms with Crippen molar-refractivity contribution in [1.82, 2.24) is 5.16 Å². The number of alkyl halides is 3. The Morgan fingerprint density at radius 2 is 1.72 bits per heavy atom. The highest BCUT2D eigenvalue weighted by molar-refractivity contribution is 7.89. The summed E-state index contributed by atoms with van der Waals surface area (Å²) in [5.74, 6) is -1.65. The highest BCUT2D eigenvalue weighted by atomic mass is 32.2. The molecule has 3 rings (SSSR count). The molecule has 7 nitrogen and oxygen atoms in total. The second-order valence-corrected chi connectivity index (χ2v) is 7.28. The Bertz CT molecular complexity index is 1140. The molecule has 0 aliphatic heterocycles. The van der Waals surface area contributed by atoms with E-state index in [0.717, 1.165) is 24.3 Å². The van der Waals surface area contributed by atoms with Crippen molar-refractivity contribution in [1.29, 1.82) is 0 Å². The predicted molar refractivity (Wildman–Crippen MR) is 91.3 cm³/mol. The third-order valence-corrected chi connectivity index (χ3v) is 4.74. The van der Waals surface area contributed by atoms with E-state index in [-0.39, 0.29) is 28.1 Å². The number of aromatic nitrogens is 1. The lowest BCUT2D eigenvalue weighted by Gasteiger charge is -2.09. The number of benzene rings is 2. The molecule has 0 radical (unpaired) electrons. The lowest BCUT2D eigenvalue weighted by molar-refractivity contribution is -0.274. The minimum absolute atomic E-state index is 0.0571. The lowest BCUT2D eigenvalue weighted by atomic mass is 9.99. The number of aliphatic hydroxyl groups excluding tert-OH is 1. The van der Waals surface area contributed by atoms with Gasteiger partial charge in [0.15, 0.2) is 5.76 Å². The van der Waals surface area contributed by atoms with Gasteiger partial charge >= 0.3 is 6.36 Å². The zero-order valence-corrected chi connectivity index (χ0v) is 15.1. The highest BCUT2D eigenvalue weighted by Crippen LogP contribution is 2.36. The summed E-state index contributed by atoms with van der Waals surface area (Å²) >= 11 is 0. The van der Waals surface area contributed by atoms with E-state index in [4.69, 9.17) is 9.66 Å². The molecule has 1 aromatic heterocycles. The molecule has 3 aromatic rings. The maximum absolute atomic E-state index is 14.2. The fourth-order valence-electron chi connectivity index (χ4n) is 2.63. The first-order valence-corrected chi connectivity index (χ1v) is 9.32. The van der Waals surface area contributed by atoms with Crippen molar-refractivity contribution in [2.24, 2.45) is 5.14 Å². The van der Waals surface area contributed by atoms with E-state index < -0.39 is 39.5 Å². The molecule has 12 heteroatoms. The van der Waals surface area contributed by atoms with Crippen molar-refractivity contribution < 1.29 is 40.3 Å². The first kappa shape index (κ1) is 20.8. The molecule has 0 aliphatic carbocycles. The average molecular weight is 432 g/mol. The molecule has 2 aromatic carbocycles. The molecule has 154 valence electrons. The van der Waals surface area contributed by atoms with Crippen LogP contribution in [0.3, 0.4) is 0 Å². The fourth-order valence-corrected chi connectivity index (χ4v) is 3.22. The van der Waals surface area contributed by atoms with Gasteiger partial charge in [0.25, 0.3) is 0 Å². The molecule has 0 amide bonds. The van der Waals surface area contributed by atoms with Gasteiger partial charge in [-0.15, -0.1) is 13.2 Å². The van der Waals surface area contributed by atoms with Gasteiger partial charge in [0.2, 0.25) is 10.0 Å². The van der Waals surface area contributed by atoms with Gasteiger partial charge < -0.3 is 14.4 Å². The largest absolute Gasteiger partial charge is 0.573 e. The average Bonchev–Trinajstić information content (AvgIpc) is 3.04. The summed E-state index contributed by atoms with van der Waals surface area (Å²) in [6, 6.07) is 7.67. The molecule has 3 N–H and O–H groups in total. The van der Waals surface area contributed by atoms with Gasteiger partial charge in [-0.1, -0.05) is 11.2 Å². The van der Waals surface area contributed by atoms with Crippen molar-refractivity contribution >= 4 is 10.0 Å². The van der Waals surface area contributed by atoms with E-state index in [9.17, 15) is 31.1 Å². The van der Waals surface area contributed by atoms with Crippen molar-refractivity contribution in [3.63, 3.8) is 0 Å². The van der Waals surface area contributed by atoms with Crippen LogP contribution in [0.2, 0.25) is 0 Å². The SMILES string of the molecule is NS(=O)(=O)c1ccc(-c2c(-c3ccc(OC(F)(F)F)cc3)noc2CO)cc1F. The summed E-state index contributed by atoms with van der Waals surface area (Å²) in [5.41, 5.74) is 0.631. The van der Waals surface area contributed by atoms with Crippen molar-refractivity contribution in [2.75, 3.05) is 0 Å². The van der Waals surface area contributed by atoms with E-state index in [2.05, 4.69) is 9.89 Å². The number of sulfonamides is 1. The molecular weight excluding hydrogens is 420 g/mol. The standard InChI is InChI=1S/C17H12F4N2O5S/c18-12-7-10(3-6-14(12)29(22,25)26)15-13(8-24)28-23-16(15)9-1-4-11(5-2-9)27-17(19,20)21/h1-7,24H,8H2,(H2,22,25,26). The monoisotopic (exact) mass is 432 g/mol. The maximum atomic E-state index is 14.2. The Hall–Kier alpha value is -2.96. The van der Waals surface area contributed by atoms with E-state index in [1.807, 2.05) is 0 Å². The van der Waals surface area contributed by atoms with E-state index >= 15 is 0 Å². The quantitative estimate of drug-likeness (QED) is 0.599. The van der Waals surface area contributed by atoms with Crippen LogP contribution in [-0.4, -0.2) is 25.0 Å². The van der Waals surface area contributed by atoms with Crippen LogP contribution in [0.5, 0.6) is 5.75 Å². The van der Waals surface area contributed by atoms with E-state index in [1.165, 1.54) is 18.2 Å². The van der Waals surface area contributed by atoms with Crippen LogP contribution in [0.15, 0.2) is 51.9 Å². The number of nitrogens with zero attached hydrogens (tertiary/aromatic N) is 1. The van der Waals surface area contributed by atoms with Crippen molar-refractivity contribution in [3.8, 4) is 28.1 Å². The molecule has 1 heterocycles. The molecule has 0 saturated heterocycles. The molecule has 0 unspecified atom stereocenters. The summed E-state index contributed by atoms with van der Waals surface area (Å²) in [6.07, 6.45) is -4.85. The normalized spacial score (nSPS) is 12.2. The molecule has 0 fully saturated rings. The first-order valence-electron chi connectivity index (χ1n) is 7.78. The van der Waals surface area contributed by atoms with Gasteiger partial charge in [-0.25, -0.2) is 17.9 Å². The summed E-state index contributed by atoms with van der Waals surface area (Å²) in [4.78, 5) is -0.724. The van der Waals surface area contributed by atoms with Crippen LogP contribution in [0.25, 0.3) is 22.4 Å². The zero-order chi connectivity index (χ0) is 21.4. The van der Waals surface area contributed by atoms with Gasteiger partial charge in [0, 0.05) is 5.56 Å². The van der Waals surface area contributed by atoms with Crippen LogP contribution in [-0.2, 0) is 16.6 Å². The van der Waals surface area contributed by atoms with Crippen LogP contribution < -0.4 is 9.88 Å². The summed E-state index contributed by atoms with van der Waals surface area (Å²) in [5, 5.41) is 18.2. The third kappa shape index (κ3) is 4.55. The molecule has 0 atom stereocenters. The van der Waals surface area contributed by atoms with Gasteiger partial charge in [-0.05, 0) is 42.0 Å². The third-order valence-electron chi connectivity index (χ3n) is 3.79. The number of hydrogen-bond acceptors (Lipinski definition) is 6. The number of nitrogens with two attached hydrogens (primary N) is 1. The lowest BCUT2D eigenvalue weighted by Crippen LogP contribution is -2.16. The van der Waals surface area contributed by atoms with Crippen molar-refractivity contribution in [2.45, 2.75) is 17.9 Å². The van der Waals surface area contributed by atoms with E-state index in [1.54, 1.807) is 0 Å². The Balaban J connectivity index is 2.06. The zero-order valence-electron chi connectivity index (χ0n) is 14.3. The second-order valence-electron chi connectivity index (χ2n) is 5.75. The Morgan fingerprint density at radius 1 is 1.10 bits per heavy atom. The smallest absolute Gasteiger partial charge is 0.406 e. The number of primary sulfonamides is 1. The summed E-state index contributed by atoms with van der Waals surface area (Å²) in [6.45, 7) is -0.615. The van der Waals surface area contributed by atoms with Gasteiger partial charge in [-0.3, -0.25) is 0 Å². The number of aliphatic hydroxyl groups is 1.